The van der Waals surface area contributed by atoms with E-state index in [1.807, 2.05) is 6.20 Å². The monoisotopic (exact) mass is 368 g/mol. The maximum Gasteiger partial charge on any atom is 0.0695 e. The van der Waals surface area contributed by atoms with Crippen molar-refractivity contribution in [3.63, 3.8) is 0 Å². The number of aryl methyl sites for hydroxylation is 1. The van der Waals surface area contributed by atoms with Crippen molar-refractivity contribution < 1.29 is 0 Å². The second-order valence-corrected chi connectivity index (χ2v) is 7.01. The van der Waals surface area contributed by atoms with Crippen molar-refractivity contribution in [1.82, 2.24) is 15.1 Å². The molecule has 0 saturated carbocycles. The molecule has 1 fully saturated rings. The molecule has 2 atom stereocenters. The van der Waals surface area contributed by atoms with Gasteiger partial charge in [-0.05, 0) is 18.1 Å². The van der Waals surface area contributed by atoms with E-state index in [-0.39, 0.29) is 18.4 Å². The molecule has 2 aromatic carbocycles. The number of aromatic nitrogens is 2. The molecule has 1 aliphatic heterocycles. The molecule has 3 N–H and O–H groups in total. The van der Waals surface area contributed by atoms with Crippen LogP contribution < -0.4 is 5.73 Å². The molecule has 0 amide bonds. The Morgan fingerprint density at radius 3 is 2.54 bits per heavy atom. The maximum absolute atomic E-state index is 6.43. The minimum atomic E-state index is 0. The molecule has 0 unspecified atom stereocenters. The molecule has 4 rings (SSSR count). The Hall–Kier alpha value is -2.14. The second-order valence-electron chi connectivity index (χ2n) is 7.01. The molecular formula is C21H25ClN4. The van der Waals surface area contributed by atoms with Crippen molar-refractivity contribution in [3.05, 3.63) is 77.5 Å². The topological polar surface area (TPSA) is 57.9 Å². The highest BCUT2D eigenvalue weighted by molar-refractivity contribution is 5.85. The molecule has 2 heterocycles. The van der Waals surface area contributed by atoms with Crippen LogP contribution in [0.3, 0.4) is 0 Å². The summed E-state index contributed by atoms with van der Waals surface area (Å²) in [5, 5.41) is 7.44. The Morgan fingerprint density at radius 1 is 1.08 bits per heavy atom. The highest BCUT2D eigenvalue weighted by atomic mass is 35.5. The van der Waals surface area contributed by atoms with Gasteiger partial charge in [-0.15, -0.1) is 12.4 Å². The minimum Gasteiger partial charge on any atom is -0.326 e. The van der Waals surface area contributed by atoms with E-state index in [0.29, 0.717) is 5.92 Å². The smallest absolute Gasteiger partial charge is 0.0695 e. The van der Waals surface area contributed by atoms with Gasteiger partial charge in [-0.1, -0.05) is 60.2 Å². The number of likely N-dealkylation sites (tertiary alicyclic amines) is 1. The van der Waals surface area contributed by atoms with Gasteiger partial charge < -0.3 is 5.73 Å². The fourth-order valence-electron chi connectivity index (χ4n) is 3.74. The zero-order chi connectivity index (χ0) is 17.2. The van der Waals surface area contributed by atoms with Gasteiger partial charge >= 0.3 is 0 Å². The molecule has 1 aliphatic rings. The molecule has 1 aromatic heterocycles. The van der Waals surface area contributed by atoms with Gasteiger partial charge in [0.15, 0.2) is 0 Å². The normalized spacial score (nSPS) is 20.1. The Balaban J connectivity index is 0.00000196. The first-order valence-electron chi connectivity index (χ1n) is 8.83. The molecule has 4 nitrogen and oxygen atoms in total. The van der Waals surface area contributed by atoms with E-state index >= 15 is 0 Å². The number of benzene rings is 2. The molecule has 0 aliphatic carbocycles. The van der Waals surface area contributed by atoms with Gasteiger partial charge in [0.05, 0.1) is 11.9 Å². The van der Waals surface area contributed by atoms with Crippen molar-refractivity contribution in [1.29, 1.82) is 0 Å². The van der Waals surface area contributed by atoms with E-state index in [1.54, 1.807) is 0 Å². The summed E-state index contributed by atoms with van der Waals surface area (Å²) in [6.45, 7) is 4.88. The van der Waals surface area contributed by atoms with E-state index in [1.165, 1.54) is 22.3 Å². The van der Waals surface area contributed by atoms with Crippen molar-refractivity contribution >= 4 is 12.4 Å². The summed E-state index contributed by atoms with van der Waals surface area (Å²) in [5.74, 6) is 0.399. The van der Waals surface area contributed by atoms with Crippen molar-refractivity contribution in [3.8, 4) is 11.3 Å². The summed E-state index contributed by atoms with van der Waals surface area (Å²) in [5.41, 5.74) is 12.5. The van der Waals surface area contributed by atoms with Gasteiger partial charge in [-0.25, -0.2) is 0 Å². The van der Waals surface area contributed by atoms with Crippen LogP contribution in [0.1, 0.15) is 22.6 Å². The number of nitrogens with one attached hydrogen (secondary N) is 1. The van der Waals surface area contributed by atoms with E-state index in [9.17, 15) is 0 Å². The summed E-state index contributed by atoms with van der Waals surface area (Å²) in [6, 6.07) is 19.4. The fraction of sp³-hybridized carbons (Fsp3) is 0.286. The first kappa shape index (κ1) is 18.6. The predicted molar refractivity (Wildman–Crippen MR) is 108 cm³/mol. The summed E-state index contributed by atoms with van der Waals surface area (Å²) in [7, 11) is 0. The third kappa shape index (κ3) is 3.83. The number of halogens is 1. The van der Waals surface area contributed by atoms with Crippen LogP contribution in [0.15, 0.2) is 60.8 Å². The second kappa shape index (κ2) is 8.04. The van der Waals surface area contributed by atoms with Crippen LogP contribution in [0.5, 0.6) is 0 Å². The zero-order valence-electron chi connectivity index (χ0n) is 14.9. The van der Waals surface area contributed by atoms with E-state index in [0.717, 1.165) is 25.3 Å². The Bertz CT molecular complexity index is 829. The molecule has 0 spiro atoms. The molecule has 0 radical (unpaired) electrons. The third-order valence-corrected chi connectivity index (χ3v) is 5.12. The first-order valence-corrected chi connectivity index (χ1v) is 8.83. The van der Waals surface area contributed by atoms with Crippen LogP contribution in [0.4, 0.5) is 0 Å². The number of hydrogen-bond acceptors (Lipinski definition) is 3. The lowest BCUT2D eigenvalue weighted by Crippen LogP contribution is -2.28. The number of H-pyrrole nitrogens is 1. The average molecular weight is 369 g/mol. The lowest BCUT2D eigenvalue weighted by molar-refractivity contribution is 0.324. The largest absolute Gasteiger partial charge is 0.326 e. The SMILES string of the molecule is Cc1ccc(-c2[nH]ncc2CN2C[C@@H](N)[C@H](c3ccccc3)C2)cc1.Cl. The number of aromatic amines is 1. The van der Waals surface area contributed by atoms with Gasteiger partial charge in [0.2, 0.25) is 0 Å². The van der Waals surface area contributed by atoms with E-state index in [2.05, 4.69) is 76.6 Å². The highest BCUT2D eigenvalue weighted by Gasteiger charge is 2.31. The number of rotatable bonds is 4. The van der Waals surface area contributed by atoms with E-state index in [4.69, 9.17) is 5.73 Å². The molecule has 5 heteroatoms. The van der Waals surface area contributed by atoms with Crippen LogP contribution in [0.25, 0.3) is 11.3 Å². The van der Waals surface area contributed by atoms with Crippen molar-refractivity contribution in [2.75, 3.05) is 13.1 Å². The highest BCUT2D eigenvalue weighted by Crippen LogP contribution is 2.29. The molecular weight excluding hydrogens is 344 g/mol. The summed E-state index contributed by atoms with van der Waals surface area (Å²) in [4.78, 5) is 2.44. The standard InChI is InChI=1S/C21H24N4.ClH/c1-15-7-9-17(10-8-15)21-18(11-23-24-21)12-25-13-19(20(22)14-25)16-5-3-2-4-6-16;/h2-11,19-20H,12-14,22H2,1H3,(H,23,24);1H/t19-,20+;/m0./s1. The van der Waals surface area contributed by atoms with Crippen LogP contribution in [0, 0.1) is 6.92 Å². The van der Waals surface area contributed by atoms with Crippen LogP contribution in [-0.4, -0.2) is 34.2 Å². The average Bonchev–Trinajstić information content (AvgIpc) is 3.23. The molecule has 3 aromatic rings. The van der Waals surface area contributed by atoms with Crippen LogP contribution >= 0.6 is 12.4 Å². The van der Waals surface area contributed by atoms with Gasteiger partial charge in [-0.2, -0.15) is 5.10 Å². The Morgan fingerprint density at radius 2 is 1.81 bits per heavy atom. The first-order chi connectivity index (χ1) is 12.2. The summed E-state index contributed by atoms with van der Waals surface area (Å²) in [6.07, 6.45) is 1.94. The molecule has 136 valence electrons. The molecule has 26 heavy (non-hydrogen) atoms. The maximum atomic E-state index is 6.43. The fourth-order valence-corrected chi connectivity index (χ4v) is 3.74. The summed E-state index contributed by atoms with van der Waals surface area (Å²) >= 11 is 0. The van der Waals surface area contributed by atoms with Gasteiger partial charge in [0.25, 0.3) is 0 Å². The van der Waals surface area contributed by atoms with Crippen molar-refractivity contribution in [2.24, 2.45) is 5.73 Å². The van der Waals surface area contributed by atoms with Gasteiger partial charge in [-0.3, -0.25) is 10.00 Å². The van der Waals surface area contributed by atoms with E-state index < -0.39 is 0 Å². The van der Waals surface area contributed by atoms with Crippen molar-refractivity contribution in [2.45, 2.75) is 25.4 Å². The minimum absolute atomic E-state index is 0. The summed E-state index contributed by atoms with van der Waals surface area (Å²) < 4.78 is 0. The lowest BCUT2D eigenvalue weighted by Gasteiger charge is -2.16. The van der Waals surface area contributed by atoms with Crippen LogP contribution in [0.2, 0.25) is 0 Å². The molecule has 1 saturated heterocycles. The third-order valence-electron chi connectivity index (χ3n) is 5.12. The van der Waals surface area contributed by atoms with Gasteiger partial charge in [0.1, 0.15) is 0 Å². The number of nitrogens with two attached hydrogens (primary N) is 1. The van der Waals surface area contributed by atoms with Gasteiger partial charge in [0, 0.05) is 37.2 Å². The lowest BCUT2D eigenvalue weighted by atomic mass is 9.95. The predicted octanol–water partition coefficient (Wildman–Crippen LogP) is 3.73. The number of nitrogens with zero attached hydrogens (tertiary/aromatic N) is 2. The molecule has 0 bridgehead atoms. The van der Waals surface area contributed by atoms with Crippen LogP contribution in [-0.2, 0) is 6.54 Å². The Kier molecular flexibility index (Phi) is 5.77. The number of hydrogen-bond donors (Lipinski definition) is 2. The quantitative estimate of drug-likeness (QED) is 0.737. The zero-order valence-corrected chi connectivity index (χ0v) is 15.7. The Labute approximate surface area is 160 Å².